The van der Waals surface area contributed by atoms with Crippen LogP contribution in [-0.2, 0) is 4.74 Å². The Balaban J connectivity index is 1.69. The van der Waals surface area contributed by atoms with E-state index in [1.165, 1.54) is 18.4 Å². The lowest BCUT2D eigenvalue weighted by atomic mass is 10.3. The van der Waals surface area contributed by atoms with Gasteiger partial charge in [-0.05, 0) is 37.6 Å². The number of amides is 1. The molecule has 3 rings (SSSR count). The van der Waals surface area contributed by atoms with Gasteiger partial charge in [-0.2, -0.15) is 0 Å². The summed E-state index contributed by atoms with van der Waals surface area (Å²) in [4.78, 5) is 28.5. The molecule has 2 N–H and O–H groups in total. The molecule has 9 heteroatoms. The van der Waals surface area contributed by atoms with Crippen LogP contribution in [0, 0.1) is 0 Å². The van der Waals surface area contributed by atoms with Crippen molar-refractivity contribution in [2.24, 2.45) is 0 Å². The van der Waals surface area contributed by atoms with Crippen LogP contribution < -0.4 is 10.6 Å². The number of hydrogen-bond acceptors (Lipinski definition) is 7. The van der Waals surface area contributed by atoms with Gasteiger partial charge in [-0.25, -0.2) is 14.3 Å². The summed E-state index contributed by atoms with van der Waals surface area (Å²) in [6.45, 7) is 2.50. The quantitative estimate of drug-likeness (QED) is 0.488. The lowest BCUT2D eigenvalue weighted by molar-refractivity contribution is 0.102. The summed E-state index contributed by atoms with van der Waals surface area (Å²) in [6, 6.07) is 7.44. The summed E-state index contributed by atoms with van der Waals surface area (Å²) < 4.78 is 6.68. The van der Waals surface area contributed by atoms with Crippen LogP contribution in [0.15, 0.2) is 30.5 Å². The lowest BCUT2D eigenvalue weighted by Gasteiger charge is -2.07. The molecule has 26 heavy (non-hydrogen) atoms. The number of hydrogen-bond donors (Lipinski definition) is 2. The number of nitrogens with one attached hydrogen (secondary N) is 2. The van der Waals surface area contributed by atoms with Gasteiger partial charge in [-0.1, -0.05) is 0 Å². The van der Waals surface area contributed by atoms with Crippen LogP contribution in [0.3, 0.4) is 0 Å². The van der Waals surface area contributed by atoms with Crippen molar-refractivity contribution in [3.8, 4) is 10.6 Å². The van der Waals surface area contributed by atoms with Crippen LogP contribution in [0.5, 0.6) is 0 Å². The Morgan fingerprint density at radius 1 is 1.27 bits per heavy atom. The lowest BCUT2D eigenvalue weighted by Crippen LogP contribution is -2.20. The van der Waals surface area contributed by atoms with Crippen LogP contribution in [0.25, 0.3) is 16.2 Å². The first kappa shape index (κ1) is 17.9. The van der Waals surface area contributed by atoms with Crippen molar-refractivity contribution in [3.05, 3.63) is 35.3 Å². The molecule has 3 heterocycles. The number of alkyl carbamates (subject to hydrolysis) is 1. The number of rotatable bonds is 7. The van der Waals surface area contributed by atoms with Crippen molar-refractivity contribution in [1.82, 2.24) is 19.9 Å². The molecule has 0 saturated carbocycles. The summed E-state index contributed by atoms with van der Waals surface area (Å²) in [5.74, 6) is 0.740. The molecule has 3 aromatic rings. The molecule has 0 saturated heterocycles. The van der Waals surface area contributed by atoms with Crippen LogP contribution >= 0.6 is 11.3 Å². The number of ether oxygens (including phenoxy) is 1. The fraction of sp³-hybridized carbons (Fsp3) is 0.294. The smallest absolute Gasteiger partial charge is 0.406 e. The van der Waals surface area contributed by atoms with Gasteiger partial charge < -0.3 is 15.4 Å². The number of Topliss-reactive ketones (excluding diaryl/α,β-unsaturated/α-hetero) is 1. The van der Waals surface area contributed by atoms with Crippen molar-refractivity contribution in [2.75, 3.05) is 25.5 Å². The van der Waals surface area contributed by atoms with Crippen LogP contribution in [0.1, 0.15) is 23.0 Å². The van der Waals surface area contributed by atoms with Crippen molar-refractivity contribution >= 4 is 34.7 Å². The van der Waals surface area contributed by atoms with Gasteiger partial charge in [-0.3, -0.25) is 4.79 Å². The van der Waals surface area contributed by atoms with Gasteiger partial charge in [0.05, 0.1) is 22.6 Å². The number of imidazole rings is 1. The van der Waals surface area contributed by atoms with Crippen molar-refractivity contribution < 1.29 is 14.3 Å². The molecule has 8 nitrogen and oxygen atoms in total. The largest absolute Gasteiger partial charge is 0.450 e. The number of carbonyl (C=O) groups excluding carboxylic acids is 2. The predicted molar refractivity (Wildman–Crippen MR) is 99.8 cm³/mol. The molecule has 0 bridgehead atoms. The van der Waals surface area contributed by atoms with Crippen LogP contribution in [0.4, 0.5) is 10.6 Å². The van der Waals surface area contributed by atoms with E-state index >= 15 is 0 Å². The van der Waals surface area contributed by atoms with Crippen molar-refractivity contribution in [3.63, 3.8) is 0 Å². The minimum absolute atomic E-state index is 0.0457. The van der Waals surface area contributed by atoms with E-state index in [2.05, 4.69) is 20.7 Å². The highest BCUT2D eigenvalue weighted by Gasteiger charge is 2.12. The first-order valence-corrected chi connectivity index (χ1v) is 8.94. The molecule has 0 aromatic carbocycles. The topological polar surface area (TPSA) is 97.6 Å². The fourth-order valence-electron chi connectivity index (χ4n) is 2.33. The Morgan fingerprint density at radius 2 is 2.12 bits per heavy atom. The molecule has 136 valence electrons. The second kappa shape index (κ2) is 7.96. The van der Waals surface area contributed by atoms with Crippen molar-refractivity contribution in [2.45, 2.75) is 13.3 Å². The van der Waals surface area contributed by atoms with Gasteiger partial charge in [0.1, 0.15) is 11.5 Å². The third kappa shape index (κ3) is 3.99. The number of aromatic nitrogens is 3. The van der Waals surface area contributed by atoms with E-state index in [-0.39, 0.29) is 5.78 Å². The number of ketones is 1. The molecule has 0 unspecified atom stereocenters. The van der Waals surface area contributed by atoms with Gasteiger partial charge in [0, 0.05) is 13.6 Å². The zero-order chi connectivity index (χ0) is 18.5. The van der Waals surface area contributed by atoms with E-state index in [4.69, 9.17) is 4.74 Å². The van der Waals surface area contributed by atoms with Crippen molar-refractivity contribution in [1.29, 1.82) is 0 Å². The number of nitrogens with zero attached hydrogens (tertiary/aromatic N) is 3. The Labute approximate surface area is 154 Å². The third-order valence-corrected chi connectivity index (χ3v) is 4.84. The molecule has 0 fully saturated rings. The highest BCUT2D eigenvalue weighted by Crippen LogP contribution is 2.28. The van der Waals surface area contributed by atoms with E-state index in [0.717, 1.165) is 16.2 Å². The normalized spacial score (nSPS) is 10.7. The van der Waals surface area contributed by atoms with Crippen LogP contribution in [-0.4, -0.2) is 46.7 Å². The summed E-state index contributed by atoms with van der Waals surface area (Å²) in [6.07, 6.45) is 1.98. The molecule has 0 aliphatic heterocycles. The standard InChI is InChI=1S/C17H19N5O3S/c1-11(23)13-4-5-14(26-13)12-10-20-16-7-6-15(21-22(12)16)19-8-3-9-25-17(24)18-2/h4-7,10H,3,8-9H2,1-2H3,(H,18,24)(H,19,21). The first-order chi connectivity index (χ1) is 12.6. The predicted octanol–water partition coefficient (Wildman–Crippen LogP) is 2.82. The minimum Gasteiger partial charge on any atom is -0.450 e. The average Bonchev–Trinajstić information content (AvgIpc) is 3.27. The zero-order valence-electron chi connectivity index (χ0n) is 14.5. The number of carbonyl (C=O) groups is 2. The van der Waals surface area contributed by atoms with E-state index in [1.54, 1.807) is 17.6 Å². The molecular weight excluding hydrogens is 354 g/mol. The van der Waals surface area contributed by atoms with E-state index in [9.17, 15) is 9.59 Å². The number of anilines is 1. The summed E-state index contributed by atoms with van der Waals surface area (Å²) in [5.41, 5.74) is 1.57. The Morgan fingerprint density at radius 3 is 2.85 bits per heavy atom. The maximum atomic E-state index is 11.5. The van der Waals surface area contributed by atoms with Gasteiger partial charge in [0.15, 0.2) is 11.4 Å². The SMILES string of the molecule is CNC(=O)OCCCNc1ccc2ncc(-c3ccc(C(C)=O)s3)n2n1. The zero-order valence-corrected chi connectivity index (χ0v) is 15.3. The molecule has 0 atom stereocenters. The molecule has 1 amide bonds. The summed E-state index contributed by atoms with van der Waals surface area (Å²) >= 11 is 1.42. The van der Waals surface area contributed by atoms with E-state index < -0.39 is 6.09 Å². The second-order valence-corrected chi connectivity index (χ2v) is 6.60. The molecule has 0 aliphatic carbocycles. The first-order valence-electron chi connectivity index (χ1n) is 8.13. The fourth-order valence-corrected chi connectivity index (χ4v) is 3.22. The highest BCUT2D eigenvalue weighted by atomic mass is 32.1. The number of thiophene rings is 1. The monoisotopic (exact) mass is 373 g/mol. The molecule has 0 spiro atoms. The second-order valence-electron chi connectivity index (χ2n) is 5.52. The molecule has 3 aromatic heterocycles. The molecule has 0 aliphatic rings. The molecule has 0 radical (unpaired) electrons. The average molecular weight is 373 g/mol. The maximum Gasteiger partial charge on any atom is 0.406 e. The van der Waals surface area contributed by atoms with E-state index in [0.29, 0.717) is 30.3 Å². The number of fused-ring (bicyclic) bond motifs is 1. The Kier molecular flexibility index (Phi) is 5.47. The Hall–Kier alpha value is -2.94. The summed E-state index contributed by atoms with van der Waals surface area (Å²) in [7, 11) is 1.52. The van der Waals surface area contributed by atoms with Gasteiger partial charge in [-0.15, -0.1) is 16.4 Å². The van der Waals surface area contributed by atoms with Gasteiger partial charge >= 0.3 is 6.09 Å². The highest BCUT2D eigenvalue weighted by molar-refractivity contribution is 7.17. The summed E-state index contributed by atoms with van der Waals surface area (Å²) in [5, 5.41) is 10.2. The molecular formula is C17H19N5O3S. The van der Waals surface area contributed by atoms with Crippen LogP contribution in [0.2, 0.25) is 0 Å². The maximum absolute atomic E-state index is 11.5. The third-order valence-electron chi connectivity index (χ3n) is 3.63. The Bertz CT molecular complexity index is 934. The van der Waals surface area contributed by atoms with Gasteiger partial charge in [0.25, 0.3) is 0 Å². The minimum atomic E-state index is -0.437. The van der Waals surface area contributed by atoms with E-state index in [1.807, 2.05) is 24.3 Å². The van der Waals surface area contributed by atoms with Gasteiger partial charge in [0.2, 0.25) is 0 Å².